The van der Waals surface area contributed by atoms with Crippen molar-refractivity contribution in [3.8, 4) is 0 Å². The van der Waals surface area contributed by atoms with Crippen LogP contribution in [0.3, 0.4) is 0 Å². The summed E-state index contributed by atoms with van der Waals surface area (Å²) in [5.41, 5.74) is 1.36. The highest BCUT2D eigenvalue weighted by molar-refractivity contribution is 7.15. The Morgan fingerprint density at radius 2 is 2.14 bits per heavy atom. The Balaban J connectivity index is 1.83. The Hall–Kier alpha value is -0.650. The average Bonchev–Trinajstić information content (AvgIpc) is 3.14. The van der Waals surface area contributed by atoms with Gasteiger partial charge in [0.25, 0.3) is 0 Å². The minimum absolute atomic E-state index is 0.102. The smallest absolute Gasteiger partial charge is 0.186 e. The third-order valence-electron chi connectivity index (χ3n) is 4.14. The van der Waals surface area contributed by atoms with Crippen LogP contribution in [-0.2, 0) is 16.7 Å². The van der Waals surface area contributed by atoms with Crippen LogP contribution in [0.15, 0.2) is 0 Å². The number of nitrogens with zero attached hydrogens (tertiary/aromatic N) is 2. The highest BCUT2D eigenvalue weighted by atomic mass is 32.1. The first kappa shape index (κ1) is 15.3. The van der Waals surface area contributed by atoms with E-state index in [1.165, 1.54) is 28.5 Å². The van der Waals surface area contributed by atoms with Crippen LogP contribution in [-0.4, -0.2) is 36.8 Å². The zero-order valence-corrected chi connectivity index (χ0v) is 14.4. The van der Waals surface area contributed by atoms with E-state index in [1.54, 1.807) is 0 Å². The van der Waals surface area contributed by atoms with Crippen LogP contribution < -0.4 is 10.2 Å². The highest BCUT2D eigenvalue weighted by Gasteiger charge is 2.29. The van der Waals surface area contributed by atoms with Crippen LogP contribution in [0.25, 0.3) is 0 Å². The number of hydrogen-bond acceptors (Lipinski definition) is 5. The monoisotopic (exact) mass is 309 g/mol. The molecule has 1 unspecified atom stereocenters. The van der Waals surface area contributed by atoms with Crippen molar-refractivity contribution in [1.29, 1.82) is 0 Å². The fourth-order valence-corrected chi connectivity index (χ4v) is 4.05. The lowest BCUT2D eigenvalue weighted by atomic mass is 9.91. The van der Waals surface area contributed by atoms with Gasteiger partial charge in [0.15, 0.2) is 5.13 Å². The van der Waals surface area contributed by atoms with E-state index in [2.05, 4.69) is 37.9 Å². The maximum atomic E-state index is 5.55. The van der Waals surface area contributed by atoms with Crippen LogP contribution in [0.5, 0.6) is 0 Å². The van der Waals surface area contributed by atoms with Gasteiger partial charge in [-0.2, -0.15) is 0 Å². The molecule has 1 aliphatic carbocycles. The van der Waals surface area contributed by atoms with E-state index in [0.717, 1.165) is 32.3 Å². The van der Waals surface area contributed by atoms with Gasteiger partial charge in [-0.1, -0.05) is 20.8 Å². The van der Waals surface area contributed by atoms with Gasteiger partial charge in [-0.3, -0.25) is 0 Å². The highest BCUT2D eigenvalue weighted by Crippen LogP contribution is 2.35. The molecule has 21 heavy (non-hydrogen) atoms. The maximum Gasteiger partial charge on any atom is 0.186 e. The van der Waals surface area contributed by atoms with Crippen molar-refractivity contribution in [2.75, 3.05) is 24.7 Å². The molecule has 1 aromatic heterocycles. The number of aromatic nitrogens is 1. The predicted octanol–water partition coefficient (Wildman–Crippen LogP) is 2.92. The summed E-state index contributed by atoms with van der Waals surface area (Å²) in [6.45, 7) is 12.5. The molecule has 0 amide bonds. The standard InChI is InChI=1S/C16H27N3OS/c1-11-10-20-8-7-19(11)15-18-14(16(2,3)4)13(21-15)9-17-12-5-6-12/h11-12,17H,5-10H2,1-4H3. The number of hydrogen-bond donors (Lipinski definition) is 1. The largest absolute Gasteiger partial charge is 0.377 e. The van der Waals surface area contributed by atoms with Crippen LogP contribution in [0.1, 0.15) is 51.1 Å². The molecule has 2 aliphatic rings. The third kappa shape index (κ3) is 3.58. The maximum absolute atomic E-state index is 5.55. The lowest BCUT2D eigenvalue weighted by Gasteiger charge is -2.33. The quantitative estimate of drug-likeness (QED) is 0.928. The van der Waals surface area contributed by atoms with E-state index < -0.39 is 0 Å². The van der Waals surface area contributed by atoms with Gasteiger partial charge in [0.05, 0.1) is 24.9 Å². The molecule has 1 N–H and O–H groups in total. The molecule has 5 heteroatoms. The molecule has 0 spiro atoms. The van der Waals surface area contributed by atoms with E-state index in [1.807, 2.05) is 11.3 Å². The summed E-state index contributed by atoms with van der Waals surface area (Å²) in [6.07, 6.45) is 2.66. The van der Waals surface area contributed by atoms with Crippen molar-refractivity contribution < 1.29 is 4.74 Å². The molecule has 2 heterocycles. The minimum Gasteiger partial charge on any atom is -0.377 e. The molecule has 1 aromatic rings. The van der Waals surface area contributed by atoms with Crippen molar-refractivity contribution >= 4 is 16.5 Å². The van der Waals surface area contributed by atoms with E-state index in [-0.39, 0.29) is 5.41 Å². The van der Waals surface area contributed by atoms with E-state index in [9.17, 15) is 0 Å². The van der Waals surface area contributed by atoms with Gasteiger partial charge < -0.3 is 15.0 Å². The van der Waals surface area contributed by atoms with Gasteiger partial charge in [0.1, 0.15) is 0 Å². The van der Waals surface area contributed by atoms with Gasteiger partial charge in [-0.05, 0) is 19.8 Å². The lowest BCUT2D eigenvalue weighted by molar-refractivity contribution is 0.0989. The molecule has 0 radical (unpaired) electrons. The second-order valence-corrected chi connectivity index (χ2v) is 8.35. The second-order valence-electron chi connectivity index (χ2n) is 7.29. The van der Waals surface area contributed by atoms with Gasteiger partial charge in [0.2, 0.25) is 0 Å². The molecule has 1 atom stereocenters. The summed E-state index contributed by atoms with van der Waals surface area (Å²) in [5.74, 6) is 0. The van der Waals surface area contributed by atoms with Gasteiger partial charge in [0, 0.05) is 29.4 Å². The SMILES string of the molecule is CC1COCCN1c1nc(C(C)(C)C)c(CNC2CC2)s1. The molecule has 1 saturated carbocycles. The lowest BCUT2D eigenvalue weighted by Crippen LogP contribution is -2.43. The summed E-state index contributed by atoms with van der Waals surface area (Å²) in [6, 6.07) is 1.16. The normalized spacial score (nSPS) is 23.6. The first-order valence-electron chi connectivity index (χ1n) is 8.03. The van der Waals surface area contributed by atoms with E-state index in [4.69, 9.17) is 9.72 Å². The van der Waals surface area contributed by atoms with Crippen molar-refractivity contribution in [2.24, 2.45) is 0 Å². The Bertz CT molecular complexity index is 490. The van der Waals surface area contributed by atoms with Crippen molar-refractivity contribution in [3.05, 3.63) is 10.6 Å². The molecule has 3 rings (SSSR count). The molecule has 1 saturated heterocycles. The fourth-order valence-electron chi connectivity index (χ4n) is 2.70. The number of rotatable bonds is 4. The van der Waals surface area contributed by atoms with Crippen LogP contribution >= 0.6 is 11.3 Å². The first-order chi connectivity index (χ1) is 9.95. The minimum atomic E-state index is 0.102. The number of nitrogens with one attached hydrogen (secondary N) is 1. The molecule has 4 nitrogen and oxygen atoms in total. The average molecular weight is 309 g/mol. The van der Waals surface area contributed by atoms with Crippen molar-refractivity contribution in [2.45, 2.75) is 64.6 Å². The van der Waals surface area contributed by atoms with Gasteiger partial charge in [-0.15, -0.1) is 11.3 Å². The zero-order valence-electron chi connectivity index (χ0n) is 13.6. The van der Waals surface area contributed by atoms with E-state index >= 15 is 0 Å². The number of anilines is 1. The summed E-state index contributed by atoms with van der Waals surface area (Å²) in [7, 11) is 0. The Labute approximate surface area is 131 Å². The molecule has 0 bridgehead atoms. The molecule has 118 valence electrons. The van der Waals surface area contributed by atoms with E-state index in [0.29, 0.717) is 6.04 Å². The van der Waals surface area contributed by atoms with Gasteiger partial charge in [-0.25, -0.2) is 4.98 Å². The number of ether oxygens (including phenoxy) is 1. The third-order valence-corrected chi connectivity index (χ3v) is 5.23. The zero-order chi connectivity index (χ0) is 15.0. The van der Waals surface area contributed by atoms with Crippen LogP contribution in [0.4, 0.5) is 5.13 Å². The molecular weight excluding hydrogens is 282 g/mol. The summed E-state index contributed by atoms with van der Waals surface area (Å²) in [5, 5.41) is 4.81. The van der Waals surface area contributed by atoms with Crippen molar-refractivity contribution in [1.82, 2.24) is 10.3 Å². The molecule has 2 fully saturated rings. The Morgan fingerprint density at radius 1 is 1.38 bits per heavy atom. The van der Waals surface area contributed by atoms with Gasteiger partial charge >= 0.3 is 0 Å². The van der Waals surface area contributed by atoms with Crippen LogP contribution in [0, 0.1) is 0 Å². The fraction of sp³-hybridized carbons (Fsp3) is 0.812. The summed E-state index contributed by atoms with van der Waals surface area (Å²) >= 11 is 1.86. The first-order valence-corrected chi connectivity index (χ1v) is 8.85. The number of thiazole rings is 1. The topological polar surface area (TPSA) is 37.4 Å². The van der Waals surface area contributed by atoms with Crippen LogP contribution in [0.2, 0.25) is 0 Å². The summed E-state index contributed by atoms with van der Waals surface area (Å²) < 4.78 is 5.55. The molecular formula is C16H27N3OS. The predicted molar refractivity (Wildman–Crippen MR) is 88.3 cm³/mol. The van der Waals surface area contributed by atoms with Crippen molar-refractivity contribution in [3.63, 3.8) is 0 Å². The number of morpholine rings is 1. The second kappa shape index (κ2) is 5.86. The molecule has 1 aliphatic heterocycles. The molecule has 0 aromatic carbocycles. The summed E-state index contributed by atoms with van der Waals surface area (Å²) in [4.78, 5) is 8.82. The Kier molecular flexibility index (Phi) is 4.26. The Morgan fingerprint density at radius 3 is 2.76 bits per heavy atom.